The van der Waals surface area contributed by atoms with Gasteiger partial charge in [-0.05, 0) is 44.1 Å². The molecule has 3 aliphatic rings. The summed E-state index contributed by atoms with van der Waals surface area (Å²) in [6, 6.07) is 0. The summed E-state index contributed by atoms with van der Waals surface area (Å²) in [4.78, 5) is 11.9. The minimum atomic E-state index is -1.73. The Kier molecular flexibility index (Phi) is 10.3. The van der Waals surface area contributed by atoms with Crippen molar-refractivity contribution in [3.05, 3.63) is 11.6 Å². The molecule has 7 N–H and O–H groups in total. The lowest BCUT2D eigenvalue weighted by Gasteiger charge is -2.46. The Morgan fingerprint density at radius 2 is 1.54 bits per heavy atom. The number of carbonyl (C=O) groups excluding carboxylic acids is 1. The highest BCUT2D eigenvalue weighted by atomic mass is 16.7. The Labute approximate surface area is 216 Å². The Morgan fingerprint density at radius 3 is 2.14 bits per heavy atom. The van der Waals surface area contributed by atoms with E-state index < -0.39 is 80.7 Å². The number of aliphatic hydroxyl groups excluding tert-OH is 7. The highest BCUT2D eigenvalue weighted by Gasteiger charge is 2.51. The van der Waals surface area contributed by atoms with Crippen molar-refractivity contribution < 1.29 is 59.5 Å². The number of ketones is 1. The Hall–Kier alpha value is -1.03. The first kappa shape index (κ1) is 30.5. The van der Waals surface area contributed by atoms with E-state index in [9.17, 15) is 40.5 Å². The van der Waals surface area contributed by atoms with Crippen LogP contribution in [0.3, 0.4) is 0 Å². The summed E-state index contributed by atoms with van der Waals surface area (Å²) in [5, 5.41) is 70.8. The highest BCUT2D eigenvalue weighted by molar-refractivity contribution is 5.91. The zero-order valence-corrected chi connectivity index (χ0v) is 21.7. The number of hydrogen-bond acceptors (Lipinski definition) is 12. The molecule has 2 saturated heterocycles. The molecule has 214 valence electrons. The molecule has 1 aliphatic carbocycles. The second-order valence-electron chi connectivity index (χ2n) is 11.1. The third-order valence-electron chi connectivity index (χ3n) is 7.70. The maximum absolute atomic E-state index is 11.9. The molecule has 0 aromatic rings. The van der Waals surface area contributed by atoms with Crippen molar-refractivity contribution >= 4 is 5.78 Å². The van der Waals surface area contributed by atoms with E-state index in [-0.39, 0.29) is 17.1 Å². The first-order chi connectivity index (χ1) is 17.3. The molecule has 12 atom stereocenters. The van der Waals surface area contributed by atoms with Gasteiger partial charge in [-0.25, -0.2) is 0 Å². The van der Waals surface area contributed by atoms with E-state index in [2.05, 4.69) is 13.8 Å². The third-order valence-corrected chi connectivity index (χ3v) is 7.70. The summed E-state index contributed by atoms with van der Waals surface area (Å²) >= 11 is 0. The Bertz CT molecular complexity index is 799. The van der Waals surface area contributed by atoms with Gasteiger partial charge in [0.15, 0.2) is 18.4 Å². The van der Waals surface area contributed by atoms with E-state index in [0.717, 1.165) is 12.0 Å². The molecule has 0 spiro atoms. The van der Waals surface area contributed by atoms with Crippen LogP contribution in [0.2, 0.25) is 0 Å². The summed E-state index contributed by atoms with van der Waals surface area (Å²) in [6.45, 7) is 6.56. The van der Waals surface area contributed by atoms with Crippen molar-refractivity contribution in [3.63, 3.8) is 0 Å². The van der Waals surface area contributed by atoms with Crippen LogP contribution in [-0.2, 0) is 23.7 Å². The summed E-state index contributed by atoms with van der Waals surface area (Å²) in [7, 11) is 0. The smallest absolute Gasteiger partial charge is 0.187 e. The van der Waals surface area contributed by atoms with Crippen LogP contribution in [0, 0.1) is 11.3 Å². The van der Waals surface area contributed by atoms with Gasteiger partial charge in [0.25, 0.3) is 0 Å². The van der Waals surface area contributed by atoms with Gasteiger partial charge in [0, 0.05) is 6.42 Å². The largest absolute Gasteiger partial charge is 0.394 e. The molecular formula is C25H42O12. The highest BCUT2D eigenvalue weighted by Crippen LogP contribution is 2.42. The predicted molar refractivity (Wildman–Crippen MR) is 127 cm³/mol. The number of rotatable bonds is 9. The van der Waals surface area contributed by atoms with Crippen LogP contribution >= 0.6 is 0 Å². The maximum Gasteiger partial charge on any atom is 0.187 e. The van der Waals surface area contributed by atoms with E-state index in [1.54, 1.807) is 13.0 Å². The maximum atomic E-state index is 11.9. The zero-order valence-electron chi connectivity index (χ0n) is 21.7. The van der Waals surface area contributed by atoms with Gasteiger partial charge >= 0.3 is 0 Å². The fourth-order valence-electron chi connectivity index (χ4n) is 5.58. The number of hydrogen-bond donors (Lipinski definition) is 7. The average molecular weight is 535 g/mol. The molecular weight excluding hydrogens is 492 g/mol. The standard InChI is InChI=1S/C25H42O12/c1-11-7-13(28)8-25(3,4)14(11)6-5-12(2)34-23-21(33)19(31)22(16(10-27)36-23)37-24-20(32)18(30)17(29)15(9-26)35-24/h7,12,14-24,26-27,29-33H,5-6,8-10H2,1-4H3/t12?,14-,15+,16+,17+,18-,19+,20+,21+,22+,23+,24-/m0/s1. The van der Waals surface area contributed by atoms with Crippen LogP contribution in [-0.4, -0.2) is 122 Å². The molecule has 37 heavy (non-hydrogen) atoms. The van der Waals surface area contributed by atoms with Crippen LogP contribution in [0.25, 0.3) is 0 Å². The van der Waals surface area contributed by atoms with E-state index in [1.807, 2.05) is 6.92 Å². The third kappa shape index (κ3) is 6.76. The summed E-state index contributed by atoms with van der Waals surface area (Å²) in [6.07, 6.45) is -11.8. The van der Waals surface area contributed by atoms with Crippen molar-refractivity contribution in [2.24, 2.45) is 11.3 Å². The molecule has 12 nitrogen and oxygen atoms in total. The Morgan fingerprint density at radius 1 is 0.946 bits per heavy atom. The number of ether oxygens (including phenoxy) is 4. The molecule has 0 radical (unpaired) electrons. The van der Waals surface area contributed by atoms with Crippen molar-refractivity contribution in [1.82, 2.24) is 0 Å². The first-order valence-electron chi connectivity index (χ1n) is 12.8. The van der Waals surface area contributed by atoms with E-state index in [0.29, 0.717) is 12.8 Å². The summed E-state index contributed by atoms with van der Waals surface area (Å²) < 4.78 is 22.4. The lowest BCUT2D eigenvalue weighted by atomic mass is 9.66. The normalized spacial score (nSPS) is 43.4. The lowest BCUT2D eigenvalue weighted by Crippen LogP contribution is -2.64. The predicted octanol–water partition coefficient (Wildman–Crippen LogP) is -1.64. The van der Waals surface area contributed by atoms with Crippen LogP contribution in [0.1, 0.15) is 47.0 Å². The number of aliphatic hydroxyl groups is 7. The molecule has 12 heteroatoms. The SMILES string of the molecule is CC1=CC(=O)CC(C)(C)[C@H]1CCC(C)O[C@@H]1O[C@H](CO)[C@@H](O[C@@H]2O[C@H](CO)[C@@H](O)[C@H](O)[C@H]2O)[C@H](O)[C@H]1O. The van der Waals surface area contributed by atoms with Crippen molar-refractivity contribution in [2.45, 2.75) is 114 Å². The topological polar surface area (TPSA) is 196 Å². The van der Waals surface area contributed by atoms with Gasteiger partial charge in [0.1, 0.15) is 48.8 Å². The van der Waals surface area contributed by atoms with E-state index in [4.69, 9.17) is 18.9 Å². The molecule has 0 aromatic carbocycles. The molecule has 1 unspecified atom stereocenters. The number of allylic oxidation sites excluding steroid dienone is 2. The summed E-state index contributed by atoms with van der Waals surface area (Å²) in [5.41, 5.74) is 0.829. The van der Waals surface area contributed by atoms with Gasteiger partial charge in [-0.1, -0.05) is 19.4 Å². The van der Waals surface area contributed by atoms with Crippen molar-refractivity contribution in [3.8, 4) is 0 Å². The van der Waals surface area contributed by atoms with Gasteiger partial charge < -0.3 is 54.7 Å². The minimum absolute atomic E-state index is 0.117. The Balaban J connectivity index is 1.60. The van der Waals surface area contributed by atoms with E-state index >= 15 is 0 Å². The quantitative estimate of drug-likeness (QED) is 0.178. The van der Waals surface area contributed by atoms with Crippen molar-refractivity contribution in [2.75, 3.05) is 13.2 Å². The molecule has 0 aromatic heterocycles. The average Bonchev–Trinajstić information content (AvgIpc) is 2.82. The minimum Gasteiger partial charge on any atom is -0.394 e. The monoisotopic (exact) mass is 534 g/mol. The van der Waals surface area contributed by atoms with Crippen molar-refractivity contribution in [1.29, 1.82) is 0 Å². The molecule has 0 amide bonds. The lowest BCUT2D eigenvalue weighted by molar-refractivity contribution is -0.362. The first-order valence-corrected chi connectivity index (χ1v) is 12.8. The fraction of sp³-hybridized carbons (Fsp3) is 0.880. The second kappa shape index (κ2) is 12.4. The molecule has 0 bridgehead atoms. The van der Waals surface area contributed by atoms with Gasteiger partial charge in [-0.2, -0.15) is 0 Å². The van der Waals surface area contributed by atoms with Crippen LogP contribution < -0.4 is 0 Å². The molecule has 0 saturated carbocycles. The molecule has 3 rings (SSSR count). The number of carbonyl (C=O) groups is 1. The van der Waals surface area contributed by atoms with Gasteiger partial charge in [0.05, 0.1) is 19.3 Å². The molecule has 2 fully saturated rings. The fourth-order valence-corrected chi connectivity index (χ4v) is 5.58. The summed E-state index contributed by atoms with van der Waals surface area (Å²) in [5.74, 6) is 0.298. The molecule has 2 heterocycles. The van der Waals surface area contributed by atoms with Crippen LogP contribution in [0.4, 0.5) is 0 Å². The molecule has 2 aliphatic heterocycles. The van der Waals surface area contributed by atoms with Crippen LogP contribution in [0.15, 0.2) is 11.6 Å². The van der Waals surface area contributed by atoms with Gasteiger partial charge in [-0.15, -0.1) is 0 Å². The van der Waals surface area contributed by atoms with Gasteiger partial charge in [0.2, 0.25) is 0 Å². The second-order valence-corrected chi connectivity index (χ2v) is 11.1. The van der Waals surface area contributed by atoms with E-state index in [1.165, 1.54) is 0 Å². The zero-order chi connectivity index (χ0) is 27.7. The van der Waals surface area contributed by atoms with Crippen LogP contribution in [0.5, 0.6) is 0 Å². The van der Waals surface area contributed by atoms with Gasteiger partial charge in [-0.3, -0.25) is 4.79 Å².